The summed E-state index contributed by atoms with van der Waals surface area (Å²) in [5, 5.41) is 14.8. The lowest BCUT2D eigenvalue weighted by Crippen LogP contribution is -2.34. The maximum Gasteiger partial charge on any atom is 0.330 e. The zero-order chi connectivity index (χ0) is 22.6. The van der Waals surface area contributed by atoms with Crippen molar-refractivity contribution in [3.63, 3.8) is 0 Å². The van der Waals surface area contributed by atoms with E-state index in [0.717, 1.165) is 23.5 Å². The lowest BCUT2D eigenvalue weighted by molar-refractivity contribution is -0.112. The number of anilines is 2. The molecule has 3 N–H and O–H groups in total. The summed E-state index contributed by atoms with van der Waals surface area (Å²) in [6.07, 6.45) is 1.52. The number of H-pyrrole nitrogens is 1. The summed E-state index contributed by atoms with van der Waals surface area (Å²) in [6, 6.07) is 3.84. The van der Waals surface area contributed by atoms with E-state index in [0.29, 0.717) is 5.92 Å². The number of aromatic nitrogens is 3. The second-order valence-corrected chi connectivity index (χ2v) is 7.43. The van der Waals surface area contributed by atoms with E-state index >= 15 is 0 Å². The van der Waals surface area contributed by atoms with Crippen molar-refractivity contribution in [2.45, 2.75) is 47.7 Å². The summed E-state index contributed by atoms with van der Waals surface area (Å²) >= 11 is 0. The second-order valence-electron chi connectivity index (χ2n) is 7.43. The topological polar surface area (TPSA) is 125 Å². The average molecular weight is 412 g/mol. The minimum absolute atomic E-state index is 0.0187. The van der Waals surface area contributed by atoms with Crippen molar-refractivity contribution in [3.05, 3.63) is 49.4 Å². The van der Waals surface area contributed by atoms with Crippen LogP contribution in [0.1, 0.15) is 37.7 Å². The Morgan fingerprint density at radius 2 is 1.97 bits per heavy atom. The maximum atomic E-state index is 12.8. The fourth-order valence-corrected chi connectivity index (χ4v) is 3.33. The Balaban J connectivity index is 2.48. The van der Waals surface area contributed by atoms with Crippen molar-refractivity contribution in [1.29, 1.82) is 5.26 Å². The van der Waals surface area contributed by atoms with Crippen LogP contribution in [0, 0.1) is 31.1 Å². The third-order valence-electron chi connectivity index (χ3n) is 4.82. The minimum Gasteiger partial charge on any atom is -0.381 e. The molecule has 160 valence electrons. The van der Waals surface area contributed by atoms with Gasteiger partial charge >= 0.3 is 5.69 Å². The quantitative estimate of drug-likeness (QED) is 0.475. The van der Waals surface area contributed by atoms with Crippen LogP contribution in [0.3, 0.4) is 0 Å². The van der Waals surface area contributed by atoms with E-state index in [1.807, 2.05) is 26.0 Å². The molecule has 0 aromatic carbocycles. The largest absolute Gasteiger partial charge is 0.381 e. The third-order valence-corrected chi connectivity index (χ3v) is 4.82. The van der Waals surface area contributed by atoms with Crippen molar-refractivity contribution in [3.8, 4) is 6.07 Å². The van der Waals surface area contributed by atoms with Gasteiger partial charge in [0.2, 0.25) is 0 Å². The molecule has 0 saturated carbocycles. The zero-order valence-electron chi connectivity index (χ0n) is 18.2. The highest BCUT2D eigenvalue weighted by Gasteiger charge is 2.19. The SMILES string of the molecule is CCn1c(NC(=O)/C(C#N)=C/c2cc(C)n(CC(C)C)c2C)c(NC)c(=O)[nH]c1=O. The molecule has 9 heteroatoms. The molecule has 0 radical (unpaired) electrons. The van der Waals surface area contributed by atoms with Gasteiger partial charge in [-0.1, -0.05) is 13.8 Å². The first kappa shape index (κ1) is 22.7. The first-order valence-corrected chi connectivity index (χ1v) is 9.79. The Labute approximate surface area is 175 Å². The van der Waals surface area contributed by atoms with E-state index in [1.165, 1.54) is 17.7 Å². The fraction of sp³-hybridized carbons (Fsp3) is 0.429. The van der Waals surface area contributed by atoms with Crippen molar-refractivity contribution in [2.24, 2.45) is 5.92 Å². The van der Waals surface area contributed by atoms with E-state index < -0.39 is 17.2 Å². The fourth-order valence-electron chi connectivity index (χ4n) is 3.33. The van der Waals surface area contributed by atoms with E-state index in [2.05, 4.69) is 34.0 Å². The van der Waals surface area contributed by atoms with Gasteiger partial charge in [-0.3, -0.25) is 19.1 Å². The number of carbonyl (C=O) groups is 1. The Kier molecular flexibility index (Phi) is 7.06. The molecule has 0 aliphatic carbocycles. The van der Waals surface area contributed by atoms with E-state index in [9.17, 15) is 19.6 Å². The molecular formula is C21H28N6O3. The highest BCUT2D eigenvalue weighted by Crippen LogP contribution is 2.21. The van der Waals surface area contributed by atoms with Crippen LogP contribution in [0.15, 0.2) is 21.2 Å². The molecular weight excluding hydrogens is 384 g/mol. The van der Waals surface area contributed by atoms with Crippen LogP contribution >= 0.6 is 0 Å². The number of aromatic amines is 1. The molecule has 9 nitrogen and oxygen atoms in total. The number of rotatable bonds is 7. The summed E-state index contributed by atoms with van der Waals surface area (Å²) in [5.74, 6) is -0.229. The van der Waals surface area contributed by atoms with Crippen molar-refractivity contribution in [2.75, 3.05) is 17.7 Å². The number of nitrogens with one attached hydrogen (secondary N) is 3. The molecule has 30 heavy (non-hydrogen) atoms. The molecule has 0 unspecified atom stereocenters. The first-order valence-electron chi connectivity index (χ1n) is 9.79. The van der Waals surface area contributed by atoms with Gasteiger partial charge in [0.25, 0.3) is 11.5 Å². The van der Waals surface area contributed by atoms with Gasteiger partial charge in [0, 0.05) is 31.5 Å². The Morgan fingerprint density at radius 1 is 1.30 bits per heavy atom. The predicted molar refractivity (Wildman–Crippen MR) is 118 cm³/mol. The van der Waals surface area contributed by atoms with Crippen LogP contribution in [0.2, 0.25) is 0 Å². The number of carbonyl (C=O) groups excluding carboxylic acids is 1. The van der Waals surface area contributed by atoms with Crippen LogP contribution < -0.4 is 21.9 Å². The van der Waals surface area contributed by atoms with E-state index in [-0.39, 0.29) is 23.6 Å². The number of aryl methyl sites for hydroxylation is 1. The van der Waals surface area contributed by atoms with Gasteiger partial charge in [-0.15, -0.1) is 0 Å². The van der Waals surface area contributed by atoms with Gasteiger partial charge < -0.3 is 15.2 Å². The van der Waals surface area contributed by atoms with Crippen molar-refractivity contribution >= 4 is 23.5 Å². The molecule has 0 spiro atoms. The lowest BCUT2D eigenvalue weighted by atomic mass is 10.1. The van der Waals surface area contributed by atoms with Gasteiger partial charge in [0.15, 0.2) is 0 Å². The van der Waals surface area contributed by atoms with Gasteiger partial charge in [0.1, 0.15) is 23.1 Å². The second kappa shape index (κ2) is 9.31. The molecule has 2 aromatic rings. The first-order chi connectivity index (χ1) is 14.1. The monoisotopic (exact) mass is 412 g/mol. The van der Waals surface area contributed by atoms with Gasteiger partial charge in [-0.2, -0.15) is 5.26 Å². The third kappa shape index (κ3) is 4.54. The molecule has 2 rings (SSSR count). The summed E-state index contributed by atoms with van der Waals surface area (Å²) in [5.41, 5.74) is 1.39. The predicted octanol–water partition coefficient (Wildman–Crippen LogP) is 2.22. The smallest absolute Gasteiger partial charge is 0.330 e. The van der Waals surface area contributed by atoms with E-state index in [4.69, 9.17) is 0 Å². The normalized spacial score (nSPS) is 11.5. The van der Waals surface area contributed by atoms with Crippen LogP contribution in [0.5, 0.6) is 0 Å². The zero-order valence-corrected chi connectivity index (χ0v) is 18.2. The van der Waals surface area contributed by atoms with Gasteiger partial charge in [-0.05, 0) is 44.4 Å². The van der Waals surface area contributed by atoms with Gasteiger partial charge in [0.05, 0.1) is 0 Å². The number of nitrogens with zero attached hydrogens (tertiary/aromatic N) is 3. The number of amides is 1. The van der Waals surface area contributed by atoms with Crippen LogP contribution in [-0.2, 0) is 17.9 Å². The molecule has 2 heterocycles. The number of hydrogen-bond acceptors (Lipinski definition) is 5. The van der Waals surface area contributed by atoms with Crippen LogP contribution in [0.4, 0.5) is 11.5 Å². The number of hydrogen-bond donors (Lipinski definition) is 3. The van der Waals surface area contributed by atoms with Gasteiger partial charge in [-0.25, -0.2) is 4.79 Å². The lowest BCUT2D eigenvalue weighted by Gasteiger charge is -2.15. The Morgan fingerprint density at radius 3 is 2.50 bits per heavy atom. The van der Waals surface area contributed by atoms with Crippen molar-refractivity contribution < 1.29 is 4.79 Å². The standard InChI is InChI=1S/C21H28N6O3/c1-7-26-18(17(23-6)20(29)25-21(26)30)24-19(28)16(10-22)9-15-8-13(4)27(14(15)5)11-12(2)3/h8-9,12,23H,7,11H2,1-6H3,(H,24,28)(H,25,29,30)/b16-9+. The molecule has 0 aliphatic rings. The maximum absolute atomic E-state index is 12.8. The summed E-state index contributed by atoms with van der Waals surface area (Å²) < 4.78 is 3.36. The molecule has 0 bridgehead atoms. The molecule has 0 fully saturated rings. The summed E-state index contributed by atoms with van der Waals surface area (Å²) in [6.45, 7) is 10.9. The highest BCUT2D eigenvalue weighted by atomic mass is 16.2. The highest BCUT2D eigenvalue weighted by molar-refractivity contribution is 6.10. The van der Waals surface area contributed by atoms with Crippen molar-refractivity contribution in [1.82, 2.24) is 14.1 Å². The molecule has 0 aliphatic heterocycles. The molecule has 0 atom stereocenters. The Hall–Kier alpha value is -3.54. The average Bonchev–Trinajstić information content (AvgIpc) is 2.93. The van der Waals surface area contributed by atoms with Crippen LogP contribution in [-0.4, -0.2) is 27.1 Å². The molecule has 0 saturated heterocycles. The van der Waals surface area contributed by atoms with E-state index in [1.54, 1.807) is 6.92 Å². The summed E-state index contributed by atoms with van der Waals surface area (Å²) in [4.78, 5) is 39.2. The van der Waals surface area contributed by atoms with Crippen LogP contribution in [0.25, 0.3) is 6.08 Å². The summed E-state index contributed by atoms with van der Waals surface area (Å²) in [7, 11) is 1.51. The molecule has 1 amide bonds. The Bertz CT molecular complexity index is 1100. The number of nitriles is 1. The minimum atomic E-state index is -0.699. The molecule has 2 aromatic heterocycles.